The van der Waals surface area contributed by atoms with Crippen LogP contribution in [0.3, 0.4) is 0 Å². The minimum absolute atomic E-state index is 0.0498. The van der Waals surface area contributed by atoms with Crippen molar-refractivity contribution in [2.45, 2.75) is 64.2 Å². The highest BCUT2D eigenvalue weighted by Gasteiger charge is 2.15. The number of carbonyl (C=O) groups is 20. The van der Waals surface area contributed by atoms with E-state index in [-0.39, 0.29) is 66.0 Å². The maximum absolute atomic E-state index is 11.1. The normalized spacial score (nSPS) is 9.08. The Bertz CT molecular complexity index is 3270. The van der Waals surface area contributed by atoms with Crippen LogP contribution in [-0.2, 0) is 114 Å². The Morgan fingerprint density at radius 3 is 1.00 bits per heavy atom. The van der Waals surface area contributed by atoms with Crippen LogP contribution < -0.4 is 0 Å². The summed E-state index contributed by atoms with van der Waals surface area (Å²) in [7, 11) is 12.4. The molecule has 564 valence electrons. The van der Waals surface area contributed by atoms with Gasteiger partial charge in [0.1, 0.15) is 6.42 Å². The van der Waals surface area contributed by atoms with E-state index in [9.17, 15) is 95.9 Å². The van der Waals surface area contributed by atoms with Crippen LogP contribution in [0.2, 0.25) is 0 Å². The Balaban J connectivity index is -0.000000198. The van der Waals surface area contributed by atoms with E-state index < -0.39 is 96.4 Å². The first-order valence-corrected chi connectivity index (χ1v) is 30.1. The number of unbranched alkanes of at least 4 members (excludes halogenated alkanes) is 1. The van der Waals surface area contributed by atoms with Gasteiger partial charge < -0.3 is 57.6 Å². The lowest BCUT2D eigenvalue weighted by molar-refractivity contribution is -0.148. The van der Waals surface area contributed by atoms with Crippen LogP contribution in [0.5, 0.6) is 0 Å². The van der Waals surface area contributed by atoms with Crippen molar-refractivity contribution in [2.75, 3.05) is 71.1 Å². The highest BCUT2D eigenvalue weighted by molar-refractivity contribution is 6.80. The molecule has 32 nitrogen and oxygen atoms in total. The van der Waals surface area contributed by atoms with Gasteiger partial charge in [-0.3, -0.25) is 57.5 Å². The monoisotopic (exact) mass is 1600 g/mol. The van der Waals surface area contributed by atoms with E-state index >= 15 is 0 Å². The summed E-state index contributed by atoms with van der Waals surface area (Å²) in [4.78, 5) is 206. The van der Waals surface area contributed by atoms with E-state index in [1.165, 1.54) is 113 Å². The molecular formula is C62H68Cl8O32. The topological polar surface area (TPSA) is 474 Å². The quantitative estimate of drug-likeness (QED) is 0.0152. The highest BCUT2D eigenvalue weighted by Crippen LogP contribution is 2.13. The second-order valence-corrected chi connectivity index (χ2v) is 19.7. The molecule has 0 heterocycles. The smallest absolute Gasteiger partial charge is 0.391 e. The summed E-state index contributed by atoms with van der Waals surface area (Å²) in [6, 6.07) is 18.2. The van der Waals surface area contributed by atoms with Gasteiger partial charge in [0.2, 0.25) is 21.0 Å². The lowest BCUT2D eigenvalue weighted by Crippen LogP contribution is -2.07. The molecule has 0 bridgehead atoms. The number of methoxy groups -OCH3 is 10. The van der Waals surface area contributed by atoms with Crippen molar-refractivity contribution < 1.29 is 153 Å². The van der Waals surface area contributed by atoms with Crippen LogP contribution >= 0.6 is 92.8 Å². The van der Waals surface area contributed by atoms with Crippen LogP contribution in [0, 0.1) is 0 Å². The molecule has 0 amide bonds. The van der Waals surface area contributed by atoms with Crippen molar-refractivity contribution in [1.29, 1.82) is 0 Å². The van der Waals surface area contributed by atoms with E-state index in [0.29, 0.717) is 60.9 Å². The summed E-state index contributed by atoms with van der Waals surface area (Å²) >= 11 is 40.2. The van der Waals surface area contributed by atoms with Crippen molar-refractivity contribution in [3.05, 3.63) is 130 Å². The van der Waals surface area contributed by atoms with Crippen LogP contribution in [0.4, 0.5) is 0 Å². The Morgan fingerprint density at radius 1 is 0.314 bits per heavy atom. The number of benzene rings is 3. The number of halogens is 8. The third-order valence-corrected chi connectivity index (χ3v) is 11.0. The molecule has 0 unspecified atom stereocenters. The lowest BCUT2D eigenvalue weighted by atomic mass is 10.1. The van der Waals surface area contributed by atoms with Crippen molar-refractivity contribution in [1.82, 2.24) is 0 Å². The van der Waals surface area contributed by atoms with Crippen molar-refractivity contribution in [2.24, 2.45) is 0 Å². The molecule has 2 N–H and O–H groups in total. The van der Waals surface area contributed by atoms with Crippen LogP contribution in [0.15, 0.2) is 97.1 Å². The standard InChI is InChI=1S/3C9H7ClO3.C7H11ClO3.C6H9ClO3.C5H7ClO3.2C5H6O4.C4H5ClO3.C3H3ClO3/c1-13-9(12)7-4-2-6(3-5-7)8(10)11;1-13-9(12)7-4-2-3-6(5-7)8(10)11;1-13-9(12)7-5-3-2-4-6(7)8(10)11;1-11-7(10)5-3-2-4-6(8)9;1-10-6(9)4-2-3-5(7)8;3*1-9-5(8)3-2-4(6)7;1-8-4(7)2-3(5)6;1-7-3(6)2(4)5/h3*2-5H,1H3;2-5H2,1H3;2-4H2,1H3;2-3H2,1H3;2*2-3H,1H3,(H,6,7);2H2,1H3;1H3/b;;;;;;3-2+;;;. The third kappa shape index (κ3) is 70.3. The number of carboxylic acids is 2. The largest absolute Gasteiger partial charge is 0.478 e. The van der Waals surface area contributed by atoms with Gasteiger partial charge in [-0.1, -0.05) is 24.3 Å². The average molecular weight is 1610 g/mol. The number of esters is 10. The minimum atomic E-state index is -1.17. The number of hydrogen-bond donors (Lipinski definition) is 2. The van der Waals surface area contributed by atoms with Crippen LogP contribution in [0.25, 0.3) is 0 Å². The Hall–Kier alpha value is -9.54. The SMILES string of the molecule is COC(=O)/C=C/C(=O)O.COC(=O)C(=O)Cl.COC(=O)C=CC(=O)O.COC(=O)CC(=O)Cl.COC(=O)CCC(=O)Cl.COC(=O)CCCC(=O)Cl.COC(=O)CCCCC(=O)Cl.COC(=O)c1ccc(C(=O)Cl)cc1.COC(=O)c1cccc(C(=O)Cl)c1.COC(=O)c1ccccc1C(=O)Cl. The summed E-state index contributed by atoms with van der Waals surface area (Å²) in [5.41, 5.74) is 1.69. The zero-order valence-corrected chi connectivity index (χ0v) is 61.5. The Kier molecular flexibility index (Phi) is 71.2. The van der Waals surface area contributed by atoms with Crippen molar-refractivity contribution >= 4 is 206 Å². The van der Waals surface area contributed by atoms with Gasteiger partial charge >= 0.3 is 76.9 Å². The van der Waals surface area contributed by atoms with Gasteiger partial charge in [-0.05, 0) is 161 Å². The fourth-order valence-electron chi connectivity index (χ4n) is 4.78. The van der Waals surface area contributed by atoms with Gasteiger partial charge in [-0.25, -0.2) is 38.4 Å². The third-order valence-electron chi connectivity index (χ3n) is 9.54. The fraction of sp³-hybridized carbons (Fsp3) is 0.323. The number of hydrogen-bond acceptors (Lipinski definition) is 30. The Morgan fingerprint density at radius 2 is 0.676 bits per heavy atom. The van der Waals surface area contributed by atoms with E-state index in [2.05, 4.69) is 59.0 Å². The summed E-state index contributed by atoms with van der Waals surface area (Å²) in [5.74, 6) is -7.76. The van der Waals surface area contributed by atoms with Gasteiger partial charge in [0.15, 0.2) is 0 Å². The molecule has 0 aliphatic carbocycles. The summed E-state index contributed by atoms with van der Waals surface area (Å²) in [6.07, 6.45) is 5.83. The number of ether oxygens (including phenoxy) is 10. The van der Waals surface area contributed by atoms with Gasteiger partial charge in [0, 0.05) is 73.1 Å². The maximum atomic E-state index is 11.1. The van der Waals surface area contributed by atoms with Gasteiger partial charge in [0.25, 0.3) is 15.7 Å². The minimum Gasteiger partial charge on any atom is -0.478 e. The van der Waals surface area contributed by atoms with Gasteiger partial charge in [-0.2, -0.15) is 0 Å². The predicted octanol–water partition coefficient (Wildman–Crippen LogP) is 8.68. The molecule has 40 heteroatoms. The van der Waals surface area contributed by atoms with E-state index in [1.54, 1.807) is 24.3 Å². The number of rotatable bonds is 25. The molecule has 102 heavy (non-hydrogen) atoms. The number of carboxylic acid groups (broad SMARTS) is 2. The fourth-order valence-corrected chi connectivity index (χ4v) is 5.73. The summed E-state index contributed by atoms with van der Waals surface area (Å²) < 4.78 is 42.7. The van der Waals surface area contributed by atoms with E-state index in [1.807, 2.05) is 0 Å². The van der Waals surface area contributed by atoms with Crippen LogP contribution in [-0.4, -0.2) is 195 Å². The Labute approximate surface area is 622 Å². The van der Waals surface area contributed by atoms with E-state index in [4.69, 9.17) is 91.4 Å². The zero-order valence-electron chi connectivity index (χ0n) is 55.5. The molecular weight excluding hydrogens is 1540 g/mol. The average Bonchev–Trinajstić information content (AvgIpc) is 0.865. The first-order valence-electron chi connectivity index (χ1n) is 27.0. The second-order valence-electron chi connectivity index (χ2n) is 16.6. The van der Waals surface area contributed by atoms with Crippen molar-refractivity contribution in [3.63, 3.8) is 0 Å². The molecule has 0 aromatic heterocycles. The number of aliphatic carboxylic acids is 2. The number of carbonyl (C=O) groups excluding carboxylic acids is 18. The molecule has 0 atom stereocenters. The molecule has 0 spiro atoms. The zero-order chi connectivity index (χ0) is 80.5. The molecule has 0 saturated carbocycles. The molecule has 3 aromatic rings. The van der Waals surface area contributed by atoms with Crippen LogP contribution in [0.1, 0.15) is 126 Å². The second kappa shape index (κ2) is 68.6. The maximum Gasteiger partial charge on any atom is 0.391 e. The molecule has 0 aliphatic rings. The molecule has 0 aliphatic heterocycles. The molecule has 3 aromatic carbocycles. The molecule has 0 fully saturated rings. The summed E-state index contributed by atoms with van der Waals surface area (Å²) in [6.45, 7) is 0. The lowest BCUT2D eigenvalue weighted by Gasteiger charge is -2.02. The highest BCUT2D eigenvalue weighted by atomic mass is 35.5. The van der Waals surface area contributed by atoms with Gasteiger partial charge in [0.05, 0.1) is 94.2 Å². The summed E-state index contributed by atoms with van der Waals surface area (Å²) in [5, 5.41) is 11.1. The predicted molar refractivity (Wildman–Crippen MR) is 362 cm³/mol. The van der Waals surface area contributed by atoms with E-state index in [0.717, 1.165) is 19.3 Å². The first kappa shape index (κ1) is 106. The van der Waals surface area contributed by atoms with Crippen molar-refractivity contribution in [3.8, 4) is 0 Å². The molecule has 0 radical (unpaired) electrons. The van der Waals surface area contributed by atoms with Gasteiger partial charge in [-0.15, -0.1) is 0 Å². The molecule has 3 rings (SSSR count). The first-order chi connectivity index (χ1) is 47.6. The molecule has 0 saturated heterocycles.